The van der Waals surface area contributed by atoms with Gasteiger partial charge in [0.1, 0.15) is 28.7 Å². The van der Waals surface area contributed by atoms with Crippen LogP contribution in [0.4, 0.5) is 25.0 Å². The topological polar surface area (TPSA) is 91.6 Å². The second kappa shape index (κ2) is 10.0. The molecule has 1 heterocycles. The zero-order chi connectivity index (χ0) is 28.9. The molecule has 0 aliphatic rings. The van der Waals surface area contributed by atoms with Gasteiger partial charge in [-0.1, -0.05) is 53.1 Å². The van der Waals surface area contributed by atoms with Crippen LogP contribution in [0, 0.1) is 11.6 Å². The van der Waals surface area contributed by atoms with Gasteiger partial charge >= 0.3 is 11.7 Å². The minimum Gasteiger partial charge on any atom is -0.507 e. The van der Waals surface area contributed by atoms with E-state index in [9.17, 15) is 23.5 Å². The highest BCUT2D eigenvalue weighted by Crippen LogP contribution is 2.44. The van der Waals surface area contributed by atoms with Crippen molar-refractivity contribution in [3.63, 3.8) is 0 Å². The van der Waals surface area contributed by atoms with E-state index in [2.05, 4.69) is 10.6 Å². The predicted molar refractivity (Wildman–Crippen MR) is 151 cm³/mol. The zero-order valence-electron chi connectivity index (χ0n) is 22.4. The largest absolute Gasteiger partial charge is 0.507 e. The number of carbonyl (C=O) groups is 1. The SMILES string of the molecule is CC(C)(C)c1cc(-c2c(NC(=O)Nc3ccc(F)cc3F)c(=O)oc3ccc(Cl)cc23)cc(C(C)(C)C)c1O. The van der Waals surface area contributed by atoms with Gasteiger partial charge in [-0.3, -0.25) is 0 Å². The molecular weight excluding hydrogens is 526 g/mol. The van der Waals surface area contributed by atoms with Gasteiger partial charge in [-0.25, -0.2) is 18.4 Å². The molecule has 39 heavy (non-hydrogen) atoms. The average Bonchev–Trinajstić information content (AvgIpc) is 2.80. The van der Waals surface area contributed by atoms with Crippen molar-refractivity contribution in [3.05, 3.63) is 86.7 Å². The number of benzene rings is 3. The van der Waals surface area contributed by atoms with E-state index >= 15 is 0 Å². The quantitative estimate of drug-likeness (QED) is 0.222. The predicted octanol–water partition coefficient (Wildman–Crippen LogP) is 8.34. The lowest BCUT2D eigenvalue weighted by molar-refractivity contribution is 0.262. The fourth-order valence-electron chi connectivity index (χ4n) is 4.37. The van der Waals surface area contributed by atoms with Gasteiger partial charge in [-0.2, -0.15) is 0 Å². The second-order valence-corrected chi connectivity index (χ2v) is 11.8. The Bertz CT molecular complexity index is 1630. The molecular formula is C30H29ClF2N2O4. The first-order valence-corrected chi connectivity index (χ1v) is 12.6. The molecule has 0 unspecified atom stereocenters. The standard InChI is InChI=1S/C30H29ClF2N2O4/c1-29(2,3)19-11-15(12-20(26(19)36)30(4,5)6)24-18-13-16(31)7-10-23(18)39-27(37)25(24)35-28(38)34-22-9-8-17(32)14-21(22)33/h7-14,36H,1-6H3,(H2,34,35,38). The van der Waals surface area contributed by atoms with E-state index in [0.29, 0.717) is 38.7 Å². The summed E-state index contributed by atoms with van der Waals surface area (Å²) in [6, 6.07) is 10.0. The Morgan fingerprint density at radius 3 is 2.08 bits per heavy atom. The first-order chi connectivity index (χ1) is 18.1. The van der Waals surface area contributed by atoms with Crippen LogP contribution in [0.15, 0.2) is 57.7 Å². The first kappa shape index (κ1) is 28.1. The van der Waals surface area contributed by atoms with Gasteiger partial charge in [-0.15, -0.1) is 0 Å². The van der Waals surface area contributed by atoms with Gasteiger partial charge in [0.05, 0.1) is 5.69 Å². The Balaban J connectivity index is 1.98. The minimum absolute atomic E-state index is 0.142. The molecule has 0 radical (unpaired) electrons. The summed E-state index contributed by atoms with van der Waals surface area (Å²) in [5, 5.41) is 16.8. The lowest BCUT2D eigenvalue weighted by Gasteiger charge is -2.28. The average molecular weight is 555 g/mol. The Hall–Kier alpha value is -3.91. The van der Waals surface area contributed by atoms with Crippen molar-refractivity contribution in [3.8, 4) is 16.9 Å². The molecule has 204 valence electrons. The molecule has 3 N–H and O–H groups in total. The van der Waals surface area contributed by atoms with Crippen molar-refractivity contribution in [2.45, 2.75) is 52.4 Å². The summed E-state index contributed by atoms with van der Waals surface area (Å²) in [7, 11) is 0. The van der Waals surface area contributed by atoms with Crippen molar-refractivity contribution >= 4 is 40.0 Å². The molecule has 2 amide bonds. The highest BCUT2D eigenvalue weighted by atomic mass is 35.5. The maximum Gasteiger partial charge on any atom is 0.360 e. The van der Waals surface area contributed by atoms with Crippen molar-refractivity contribution in [1.82, 2.24) is 0 Å². The van der Waals surface area contributed by atoms with Gasteiger partial charge in [0, 0.05) is 33.2 Å². The first-order valence-electron chi connectivity index (χ1n) is 12.2. The van der Waals surface area contributed by atoms with Gasteiger partial charge in [0.2, 0.25) is 0 Å². The Morgan fingerprint density at radius 1 is 0.897 bits per heavy atom. The molecule has 0 saturated carbocycles. The lowest BCUT2D eigenvalue weighted by Crippen LogP contribution is -2.24. The fourth-order valence-corrected chi connectivity index (χ4v) is 4.54. The van der Waals surface area contributed by atoms with Crippen LogP contribution in [-0.4, -0.2) is 11.1 Å². The number of nitrogens with one attached hydrogen (secondary N) is 2. The Kier molecular flexibility index (Phi) is 7.21. The number of urea groups is 1. The number of phenolic OH excluding ortho intramolecular Hbond substituents is 1. The molecule has 0 spiro atoms. The molecule has 0 fully saturated rings. The van der Waals surface area contributed by atoms with Gasteiger partial charge in [-0.05, 0) is 58.9 Å². The number of aromatic hydroxyl groups is 1. The highest BCUT2D eigenvalue weighted by Gasteiger charge is 2.29. The maximum absolute atomic E-state index is 14.2. The maximum atomic E-state index is 14.2. The summed E-state index contributed by atoms with van der Waals surface area (Å²) in [5.74, 6) is -1.64. The van der Waals surface area contributed by atoms with Crippen LogP contribution in [0.25, 0.3) is 22.1 Å². The number of fused-ring (bicyclic) bond motifs is 1. The number of anilines is 2. The van der Waals surface area contributed by atoms with E-state index in [1.165, 1.54) is 0 Å². The van der Waals surface area contributed by atoms with Crippen LogP contribution in [-0.2, 0) is 10.8 Å². The molecule has 0 aliphatic carbocycles. The van der Waals surface area contributed by atoms with E-state index in [1.807, 2.05) is 41.5 Å². The van der Waals surface area contributed by atoms with E-state index in [4.69, 9.17) is 16.0 Å². The molecule has 0 aliphatic heterocycles. The van der Waals surface area contributed by atoms with E-state index in [-0.39, 0.29) is 22.7 Å². The number of amides is 2. The molecule has 0 atom stereocenters. The van der Waals surface area contributed by atoms with E-state index < -0.39 is 34.1 Å². The summed E-state index contributed by atoms with van der Waals surface area (Å²) in [6.07, 6.45) is 0. The van der Waals surface area contributed by atoms with Crippen molar-refractivity contribution in [1.29, 1.82) is 0 Å². The van der Waals surface area contributed by atoms with Crippen LogP contribution in [0.1, 0.15) is 52.7 Å². The Morgan fingerprint density at radius 2 is 1.51 bits per heavy atom. The normalized spacial score (nSPS) is 12.0. The van der Waals surface area contributed by atoms with Crippen LogP contribution in [0.3, 0.4) is 0 Å². The van der Waals surface area contributed by atoms with Crippen LogP contribution >= 0.6 is 11.6 Å². The molecule has 0 saturated heterocycles. The summed E-state index contributed by atoms with van der Waals surface area (Å²) < 4.78 is 33.0. The van der Waals surface area contributed by atoms with Gasteiger partial charge in [0.25, 0.3) is 0 Å². The highest BCUT2D eigenvalue weighted by molar-refractivity contribution is 6.31. The molecule has 0 bridgehead atoms. The van der Waals surface area contributed by atoms with Crippen molar-refractivity contribution in [2.24, 2.45) is 0 Å². The molecule has 1 aromatic heterocycles. The van der Waals surface area contributed by atoms with Crippen LogP contribution in [0.2, 0.25) is 5.02 Å². The van der Waals surface area contributed by atoms with E-state index in [1.54, 1.807) is 30.3 Å². The van der Waals surface area contributed by atoms with Gasteiger partial charge in [0.15, 0.2) is 0 Å². The fraction of sp³-hybridized carbons (Fsp3) is 0.267. The second-order valence-electron chi connectivity index (χ2n) is 11.4. The number of carbonyl (C=O) groups excluding carboxylic acids is 1. The van der Waals surface area contributed by atoms with Gasteiger partial charge < -0.3 is 20.2 Å². The number of phenols is 1. The molecule has 4 rings (SSSR count). The third kappa shape index (κ3) is 5.76. The number of halogens is 3. The van der Waals surface area contributed by atoms with E-state index in [0.717, 1.165) is 12.1 Å². The zero-order valence-corrected chi connectivity index (χ0v) is 23.2. The molecule has 3 aromatic carbocycles. The smallest absolute Gasteiger partial charge is 0.360 e. The number of rotatable bonds is 3. The summed E-state index contributed by atoms with van der Waals surface area (Å²) in [6.45, 7) is 11.7. The summed E-state index contributed by atoms with van der Waals surface area (Å²) >= 11 is 6.31. The summed E-state index contributed by atoms with van der Waals surface area (Å²) in [4.78, 5) is 26.2. The van der Waals surface area contributed by atoms with Crippen LogP contribution in [0.5, 0.6) is 5.75 Å². The third-order valence-electron chi connectivity index (χ3n) is 6.30. The minimum atomic E-state index is -0.981. The van der Waals surface area contributed by atoms with Crippen molar-refractivity contribution < 1.29 is 23.1 Å². The van der Waals surface area contributed by atoms with Crippen LogP contribution < -0.4 is 16.3 Å². The Labute approximate surface area is 229 Å². The molecule has 9 heteroatoms. The lowest BCUT2D eigenvalue weighted by atomic mass is 9.77. The molecule has 6 nitrogen and oxygen atoms in total. The number of hydrogen-bond acceptors (Lipinski definition) is 4. The third-order valence-corrected chi connectivity index (χ3v) is 6.54. The summed E-state index contributed by atoms with van der Waals surface area (Å²) in [5.41, 5.74) is 0.0640. The number of hydrogen-bond donors (Lipinski definition) is 3. The monoisotopic (exact) mass is 554 g/mol. The van der Waals surface area contributed by atoms with Crippen molar-refractivity contribution in [2.75, 3.05) is 10.6 Å². The molecule has 4 aromatic rings.